The Balaban J connectivity index is 1.99. The van der Waals surface area contributed by atoms with Gasteiger partial charge in [0.25, 0.3) is 0 Å². The molecule has 0 bridgehead atoms. The first-order valence-corrected chi connectivity index (χ1v) is 9.77. The topological polar surface area (TPSA) is 61.9 Å². The van der Waals surface area contributed by atoms with E-state index in [1.807, 2.05) is 69.2 Å². The number of carbonyl (C=O) groups excluding carboxylic acids is 1. The number of aromatic amines is 1. The number of thioether (sulfide) groups is 1. The summed E-state index contributed by atoms with van der Waals surface area (Å²) in [5.74, 6) is 0.806. The van der Waals surface area contributed by atoms with Crippen molar-refractivity contribution in [1.29, 1.82) is 0 Å². The van der Waals surface area contributed by atoms with Gasteiger partial charge in [-0.3, -0.25) is 9.89 Å². The second kappa shape index (κ2) is 8.48. The molecular formula is C17H24N4OS2. The molecule has 130 valence electrons. The van der Waals surface area contributed by atoms with Crippen molar-refractivity contribution in [2.24, 2.45) is 0 Å². The lowest BCUT2D eigenvalue weighted by atomic mass is 10.2. The van der Waals surface area contributed by atoms with Crippen LogP contribution in [-0.2, 0) is 4.79 Å². The van der Waals surface area contributed by atoms with Crippen LogP contribution in [0.5, 0.6) is 0 Å². The second-order valence-electron chi connectivity index (χ2n) is 6.05. The first kappa shape index (κ1) is 18.7. The van der Waals surface area contributed by atoms with E-state index in [-0.39, 0.29) is 23.2 Å². The van der Waals surface area contributed by atoms with E-state index in [4.69, 9.17) is 0 Å². The highest BCUT2D eigenvalue weighted by Gasteiger charge is 2.26. The molecule has 0 saturated carbocycles. The molecular weight excluding hydrogens is 340 g/mol. The summed E-state index contributed by atoms with van der Waals surface area (Å²) in [5.41, 5.74) is 0. The molecule has 0 aromatic carbocycles. The predicted molar refractivity (Wildman–Crippen MR) is 102 cm³/mol. The van der Waals surface area contributed by atoms with Crippen LogP contribution in [0, 0.1) is 0 Å². The quantitative estimate of drug-likeness (QED) is 0.749. The van der Waals surface area contributed by atoms with E-state index in [9.17, 15) is 4.79 Å². The summed E-state index contributed by atoms with van der Waals surface area (Å²) >= 11 is 3.05. The van der Waals surface area contributed by atoms with Crippen LogP contribution >= 0.6 is 23.1 Å². The largest absolute Gasteiger partial charge is 0.337 e. The highest BCUT2D eigenvalue weighted by atomic mass is 32.2. The molecule has 24 heavy (non-hydrogen) atoms. The lowest BCUT2D eigenvalue weighted by molar-refractivity contribution is -0.133. The van der Waals surface area contributed by atoms with E-state index in [0.29, 0.717) is 11.0 Å². The van der Waals surface area contributed by atoms with Gasteiger partial charge in [-0.2, -0.15) is 0 Å². The fourth-order valence-corrected chi connectivity index (χ4v) is 3.86. The summed E-state index contributed by atoms with van der Waals surface area (Å²) in [5, 5.41) is 9.49. The Morgan fingerprint density at radius 3 is 2.54 bits per heavy atom. The summed E-state index contributed by atoms with van der Waals surface area (Å²) in [4.78, 5) is 20.1. The zero-order valence-electron chi connectivity index (χ0n) is 14.7. The normalized spacial score (nSPS) is 13.1. The first-order chi connectivity index (χ1) is 11.4. The summed E-state index contributed by atoms with van der Waals surface area (Å²) in [6.07, 6.45) is 3.89. The average Bonchev–Trinajstić information content (AvgIpc) is 3.15. The molecule has 0 spiro atoms. The monoisotopic (exact) mass is 364 g/mol. The van der Waals surface area contributed by atoms with Crippen LogP contribution in [0.1, 0.15) is 45.3 Å². The Labute approximate surface area is 151 Å². The molecule has 0 aliphatic carbocycles. The second-order valence-corrected chi connectivity index (χ2v) is 8.33. The molecule has 1 atom stereocenters. The van der Waals surface area contributed by atoms with E-state index >= 15 is 0 Å². The van der Waals surface area contributed by atoms with Gasteiger partial charge < -0.3 is 4.90 Å². The van der Waals surface area contributed by atoms with Gasteiger partial charge in [-0.1, -0.05) is 17.8 Å². The zero-order valence-corrected chi connectivity index (χ0v) is 16.3. The fourth-order valence-electron chi connectivity index (χ4n) is 2.46. The zero-order chi connectivity index (χ0) is 17.7. The van der Waals surface area contributed by atoms with Gasteiger partial charge in [0.2, 0.25) is 11.1 Å². The molecule has 0 radical (unpaired) electrons. The molecule has 5 nitrogen and oxygen atoms in total. The maximum absolute atomic E-state index is 12.6. The van der Waals surface area contributed by atoms with E-state index in [1.165, 1.54) is 11.8 Å². The van der Waals surface area contributed by atoms with Crippen molar-refractivity contribution in [2.75, 3.05) is 0 Å². The molecule has 7 heteroatoms. The number of hydrogen-bond donors (Lipinski definition) is 1. The standard InChI is InChI=1S/C17H24N4OS2/c1-11(2)21(12(3)4)16(22)13(5)24-17-18-15(19-20-17)9-8-14-7-6-10-23-14/h6-13H,1-5H3,(H,18,19,20). The van der Waals surface area contributed by atoms with Gasteiger partial charge >= 0.3 is 0 Å². The van der Waals surface area contributed by atoms with Gasteiger partial charge in [0.15, 0.2) is 0 Å². The summed E-state index contributed by atoms with van der Waals surface area (Å²) in [6, 6.07) is 4.41. The first-order valence-electron chi connectivity index (χ1n) is 8.01. The lowest BCUT2D eigenvalue weighted by Gasteiger charge is -2.32. The van der Waals surface area contributed by atoms with Crippen molar-refractivity contribution in [1.82, 2.24) is 20.1 Å². The van der Waals surface area contributed by atoms with Crippen LogP contribution in [0.4, 0.5) is 0 Å². The number of amides is 1. The molecule has 2 aromatic rings. The van der Waals surface area contributed by atoms with Crippen molar-refractivity contribution in [3.8, 4) is 0 Å². The van der Waals surface area contributed by atoms with E-state index in [2.05, 4.69) is 15.2 Å². The smallest absolute Gasteiger partial charge is 0.236 e. The van der Waals surface area contributed by atoms with Gasteiger partial charge in [-0.25, -0.2) is 4.98 Å². The van der Waals surface area contributed by atoms with Crippen molar-refractivity contribution < 1.29 is 4.79 Å². The number of hydrogen-bond acceptors (Lipinski definition) is 5. The van der Waals surface area contributed by atoms with Gasteiger partial charge in [0.05, 0.1) is 5.25 Å². The number of nitrogens with one attached hydrogen (secondary N) is 1. The molecule has 1 amide bonds. The van der Waals surface area contributed by atoms with Gasteiger partial charge in [0.1, 0.15) is 5.82 Å². The Morgan fingerprint density at radius 1 is 1.25 bits per heavy atom. The summed E-state index contributed by atoms with van der Waals surface area (Å²) < 4.78 is 0. The number of rotatable bonds is 7. The third-order valence-corrected chi connectivity index (χ3v) is 5.21. The number of aromatic nitrogens is 3. The Hall–Kier alpha value is -1.60. The maximum atomic E-state index is 12.6. The number of H-pyrrole nitrogens is 1. The Bertz CT molecular complexity index is 669. The average molecular weight is 365 g/mol. The Kier molecular flexibility index (Phi) is 6.62. The van der Waals surface area contributed by atoms with Gasteiger partial charge in [0, 0.05) is 17.0 Å². The van der Waals surface area contributed by atoms with E-state index < -0.39 is 0 Å². The van der Waals surface area contributed by atoms with Crippen LogP contribution in [0.3, 0.4) is 0 Å². The minimum Gasteiger partial charge on any atom is -0.337 e. The number of carbonyl (C=O) groups is 1. The van der Waals surface area contributed by atoms with Crippen molar-refractivity contribution >= 4 is 41.2 Å². The van der Waals surface area contributed by atoms with Crippen LogP contribution in [0.15, 0.2) is 22.7 Å². The van der Waals surface area contributed by atoms with Crippen molar-refractivity contribution in [3.63, 3.8) is 0 Å². The minimum atomic E-state index is -0.222. The predicted octanol–water partition coefficient (Wildman–Crippen LogP) is 4.16. The third kappa shape index (κ3) is 4.95. The molecule has 1 N–H and O–H groups in total. The third-order valence-electron chi connectivity index (χ3n) is 3.43. The molecule has 0 aliphatic heterocycles. The van der Waals surface area contributed by atoms with Crippen LogP contribution < -0.4 is 0 Å². The molecule has 0 aliphatic rings. The summed E-state index contributed by atoms with van der Waals surface area (Å²) in [6.45, 7) is 10.1. The molecule has 0 saturated heterocycles. The van der Waals surface area contributed by atoms with Crippen molar-refractivity contribution in [3.05, 3.63) is 28.2 Å². The molecule has 2 rings (SSSR count). The van der Waals surface area contributed by atoms with Gasteiger partial charge in [-0.05, 0) is 58.2 Å². The van der Waals surface area contributed by atoms with Crippen LogP contribution in [-0.4, -0.2) is 43.3 Å². The lowest BCUT2D eigenvalue weighted by Crippen LogP contribution is -2.45. The maximum Gasteiger partial charge on any atom is 0.236 e. The van der Waals surface area contributed by atoms with Crippen LogP contribution in [0.2, 0.25) is 0 Å². The minimum absolute atomic E-state index is 0.116. The highest BCUT2D eigenvalue weighted by molar-refractivity contribution is 8.00. The highest BCUT2D eigenvalue weighted by Crippen LogP contribution is 2.23. The van der Waals surface area contributed by atoms with Crippen LogP contribution in [0.25, 0.3) is 12.2 Å². The van der Waals surface area contributed by atoms with Gasteiger partial charge in [-0.15, -0.1) is 16.4 Å². The molecule has 0 fully saturated rings. The Morgan fingerprint density at radius 2 is 1.96 bits per heavy atom. The van der Waals surface area contributed by atoms with E-state index in [0.717, 1.165) is 4.88 Å². The van der Waals surface area contributed by atoms with Crippen molar-refractivity contribution in [2.45, 2.75) is 57.1 Å². The molecule has 2 heterocycles. The number of nitrogens with zero attached hydrogens (tertiary/aromatic N) is 3. The fraction of sp³-hybridized carbons (Fsp3) is 0.471. The molecule has 1 unspecified atom stereocenters. The number of thiophene rings is 1. The van der Waals surface area contributed by atoms with E-state index in [1.54, 1.807) is 11.3 Å². The molecule has 2 aromatic heterocycles. The summed E-state index contributed by atoms with van der Waals surface area (Å²) in [7, 11) is 0. The SMILES string of the molecule is CC(Sc1n[nH]c(C=Cc2cccs2)n1)C(=O)N(C(C)C)C(C)C.